The van der Waals surface area contributed by atoms with Crippen molar-refractivity contribution in [2.45, 2.75) is 6.54 Å². The Hall–Kier alpha value is -1.93. The van der Waals surface area contributed by atoms with Crippen LogP contribution in [0.3, 0.4) is 0 Å². The molecular formula is C10H9FN2O2. The van der Waals surface area contributed by atoms with Gasteiger partial charge < -0.3 is 10.5 Å². The molecule has 0 aromatic heterocycles. The molecule has 0 heterocycles. The molecular weight excluding hydrogens is 199 g/mol. The van der Waals surface area contributed by atoms with Gasteiger partial charge in [-0.05, 0) is 11.6 Å². The number of nitriles is 1. The Balaban J connectivity index is 3.49. The average Bonchev–Trinajstić information content (AvgIpc) is 2.27. The van der Waals surface area contributed by atoms with Gasteiger partial charge in [0.25, 0.3) is 0 Å². The van der Waals surface area contributed by atoms with Crippen LogP contribution < -0.4 is 5.73 Å². The molecule has 0 saturated heterocycles. The first-order valence-corrected chi connectivity index (χ1v) is 4.15. The molecule has 0 unspecified atom stereocenters. The zero-order valence-corrected chi connectivity index (χ0v) is 8.08. The van der Waals surface area contributed by atoms with Crippen LogP contribution >= 0.6 is 0 Å². The van der Waals surface area contributed by atoms with Crippen LogP contribution in [-0.2, 0) is 11.3 Å². The molecule has 0 atom stereocenters. The third-order valence-corrected chi connectivity index (χ3v) is 1.96. The van der Waals surface area contributed by atoms with Crippen LogP contribution in [0, 0.1) is 17.1 Å². The monoisotopic (exact) mass is 208 g/mol. The Morgan fingerprint density at radius 2 is 2.33 bits per heavy atom. The van der Waals surface area contributed by atoms with E-state index in [2.05, 4.69) is 4.74 Å². The van der Waals surface area contributed by atoms with E-state index >= 15 is 0 Å². The first-order valence-electron chi connectivity index (χ1n) is 4.15. The topological polar surface area (TPSA) is 76.1 Å². The largest absolute Gasteiger partial charge is 0.465 e. The summed E-state index contributed by atoms with van der Waals surface area (Å²) >= 11 is 0. The van der Waals surface area contributed by atoms with E-state index in [0.717, 1.165) is 13.2 Å². The van der Waals surface area contributed by atoms with Crippen LogP contribution in [0.1, 0.15) is 21.5 Å². The molecule has 0 radical (unpaired) electrons. The van der Waals surface area contributed by atoms with E-state index in [1.807, 2.05) is 0 Å². The van der Waals surface area contributed by atoms with E-state index in [1.54, 1.807) is 6.07 Å². The molecule has 1 rings (SSSR count). The zero-order chi connectivity index (χ0) is 11.4. The molecule has 0 fully saturated rings. The number of carbonyl (C=O) groups excluding carboxylic acids is 1. The van der Waals surface area contributed by atoms with E-state index in [4.69, 9.17) is 11.0 Å². The molecule has 0 bridgehead atoms. The van der Waals surface area contributed by atoms with Crippen molar-refractivity contribution in [1.29, 1.82) is 5.26 Å². The minimum atomic E-state index is -0.758. The first kappa shape index (κ1) is 11.1. The molecule has 78 valence electrons. The van der Waals surface area contributed by atoms with Crippen molar-refractivity contribution >= 4 is 5.97 Å². The van der Waals surface area contributed by atoms with Crippen molar-refractivity contribution in [3.05, 3.63) is 34.6 Å². The maximum atomic E-state index is 13.2. The van der Waals surface area contributed by atoms with E-state index in [0.29, 0.717) is 5.56 Å². The Bertz CT molecular complexity index is 438. The van der Waals surface area contributed by atoms with E-state index < -0.39 is 11.8 Å². The summed E-state index contributed by atoms with van der Waals surface area (Å²) in [4.78, 5) is 11.3. The number of nitrogens with two attached hydrogens (primary N) is 1. The molecule has 2 N–H and O–H groups in total. The van der Waals surface area contributed by atoms with Gasteiger partial charge in [-0.3, -0.25) is 0 Å². The van der Waals surface area contributed by atoms with Gasteiger partial charge in [-0.2, -0.15) is 5.26 Å². The summed E-state index contributed by atoms with van der Waals surface area (Å²) in [5.74, 6) is -1.51. The SMILES string of the molecule is COC(=O)c1c(CN)ccc(F)c1C#N. The van der Waals surface area contributed by atoms with Crippen molar-refractivity contribution in [2.75, 3.05) is 7.11 Å². The third-order valence-electron chi connectivity index (χ3n) is 1.96. The van der Waals surface area contributed by atoms with Gasteiger partial charge in [0, 0.05) is 6.54 Å². The highest BCUT2D eigenvalue weighted by molar-refractivity contribution is 5.93. The summed E-state index contributed by atoms with van der Waals surface area (Å²) in [6, 6.07) is 4.09. The molecule has 15 heavy (non-hydrogen) atoms. The first-order chi connectivity index (χ1) is 7.15. The lowest BCUT2D eigenvalue weighted by atomic mass is 10.0. The Morgan fingerprint density at radius 3 is 2.80 bits per heavy atom. The number of esters is 1. The van der Waals surface area contributed by atoms with Gasteiger partial charge in [0.05, 0.1) is 12.7 Å². The summed E-state index contributed by atoms with van der Waals surface area (Å²) in [5.41, 5.74) is 5.34. The summed E-state index contributed by atoms with van der Waals surface area (Å²) in [5, 5.41) is 8.73. The Morgan fingerprint density at radius 1 is 1.67 bits per heavy atom. The number of halogens is 1. The third kappa shape index (κ3) is 1.95. The molecule has 1 aromatic carbocycles. The smallest absolute Gasteiger partial charge is 0.339 e. The molecule has 0 aliphatic carbocycles. The Kier molecular flexibility index (Phi) is 3.37. The summed E-state index contributed by atoms with van der Waals surface area (Å²) < 4.78 is 17.7. The number of carbonyl (C=O) groups is 1. The number of hydrogen-bond donors (Lipinski definition) is 1. The second kappa shape index (κ2) is 4.53. The summed E-state index contributed by atoms with van der Waals surface area (Å²) in [6.45, 7) is 0.0411. The molecule has 0 aliphatic heterocycles. The van der Waals surface area contributed by atoms with Crippen LogP contribution in [0.4, 0.5) is 4.39 Å². The fourth-order valence-corrected chi connectivity index (χ4v) is 1.24. The predicted octanol–water partition coefficient (Wildman–Crippen LogP) is 0.943. The lowest BCUT2D eigenvalue weighted by Crippen LogP contribution is -2.12. The van der Waals surface area contributed by atoms with Crippen LogP contribution in [0.25, 0.3) is 0 Å². The van der Waals surface area contributed by atoms with Crippen molar-refractivity contribution in [3.63, 3.8) is 0 Å². The van der Waals surface area contributed by atoms with Crippen molar-refractivity contribution in [2.24, 2.45) is 5.73 Å². The summed E-state index contributed by atoms with van der Waals surface area (Å²) in [6.07, 6.45) is 0. The van der Waals surface area contributed by atoms with Crippen molar-refractivity contribution in [3.8, 4) is 6.07 Å². The normalized spacial score (nSPS) is 9.47. The van der Waals surface area contributed by atoms with E-state index in [1.165, 1.54) is 6.07 Å². The lowest BCUT2D eigenvalue weighted by molar-refractivity contribution is 0.0598. The van der Waals surface area contributed by atoms with Gasteiger partial charge in [-0.15, -0.1) is 0 Å². The van der Waals surface area contributed by atoms with Gasteiger partial charge >= 0.3 is 5.97 Å². The molecule has 5 heteroatoms. The standard InChI is InChI=1S/C10H9FN2O2/c1-15-10(14)9-6(4-12)2-3-8(11)7(9)5-13/h2-3H,4,12H2,1H3. The van der Waals surface area contributed by atoms with Gasteiger partial charge in [0.2, 0.25) is 0 Å². The molecule has 4 nitrogen and oxygen atoms in total. The number of methoxy groups -OCH3 is 1. The van der Waals surface area contributed by atoms with Crippen LogP contribution in [0.5, 0.6) is 0 Å². The number of rotatable bonds is 2. The number of ether oxygens (including phenoxy) is 1. The average molecular weight is 208 g/mol. The highest BCUT2D eigenvalue weighted by Crippen LogP contribution is 2.18. The van der Waals surface area contributed by atoms with Gasteiger partial charge in [-0.25, -0.2) is 9.18 Å². The van der Waals surface area contributed by atoms with Crippen LogP contribution in [0.2, 0.25) is 0 Å². The maximum Gasteiger partial charge on any atom is 0.339 e. The quantitative estimate of drug-likeness (QED) is 0.734. The fourth-order valence-electron chi connectivity index (χ4n) is 1.24. The Labute approximate surface area is 86.1 Å². The van der Waals surface area contributed by atoms with E-state index in [9.17, 15) is 9.18 Å². The van der Waals surface area contributed by atoms with E-state index in [-0.39, 0.29) is 17.7 Å². The maximum absolute atomic E-state index is 13.2. The minimum Gasteiger partial charge on any atom is -0.465 e. The second-order valence-electron chi connectivity index (χ2n) is 2.76. The number of nitrogens with zero attached hydrogens (tertiary/aromatic N) is 1. The van der Waals surface area contributed by atoms with Crippen LogP contribution in [0.15, 0.2) is 12.1 Å². The zero-order valence-electron chi connectivity index (χ0n) is 8.08. The molecule has 0 saturated carbocycles. The lowest BCUT2D eigenvalue weighted by Gasteiger charge is -2.07. The van der Waals surface area contributed by atoms with Gasteiger partial charge in [-0.1, -0.05) is 6.07 Å². The highest BCUT2D eigenvalue weighted by atomic mass is 19.1. The second-order valence-corrected chi connectivity index (χ2v) is 2.76. The predicted molar refractivity (Wildman–Crippen MR) is 50.3 cm³/mol. The number of hydrogen-bond acceptors (Lipinski definition) is 4. The van der Waals surface area contributed by atoms with Crippen molar-refractivity contribution in [1.82, 2.24) is 0 Å². The summed E-state index contributed by atoms with van der Waals surface area (Å²) in [7, 11) is 1.16. The molecule has 1 aromatic rings. The fraction of sp³-hybridized carbons (Fsp3) is 0.200. The highest BCUT2D eigenvalue weighted by Gasteiger charge is 2.19. The van der Waals surface area contributed by atoms with Gasteiger partial charge in [0.1, 0.15) is 17.4 Å². The number of benzene rings is 1. The molecule has 0 aliphatic rings. The minimum absolute atomic E-state index is 0.0411. The van der Waals surface area contributed by atoms with Crippen LogP contribution in [-0.4, -0.2) is 13.1 Å². The molecule has 0 spiro atoms. The molecule has 0 amide bonds. The van der Waals surface area contributed by atoms with Gasteiger partial charge in [0.15, 0.2) is 0 Å². The van der Waals surface area contributed by atoms with Crippen molar-refractivity contribution < 1.29 is 13.9 Å².